The number of hydrogen-bond acceptors (Lipinski definition) is 4. The van der Waals surface area contributed by atoms with Gasteiger partial charge in [0.1, 0.15) is 0 Å². The summed E-state index contributed by atoms with van der Waals surface area (Å²) in [5.74, 6) is 1.35. The van der Waals surface area contributed by atoms with Crippen LogP contribution in [-0.2, 0) is 15.4 Å². The zero-order valence-corrected chi connectivity index (χ0v) is 14.8. The van der Waals surface area contributed by atoms with Crippen LogP contribution >= 0.6 is 27.7 Å². The molecule has 0 aliphatic rings. The monoisotopic (exact) mass is 392 g/mol. The normalized spacial score (nSPS) is 11.3. The number of nitrogens with two attached hydrogens (primary N) is 1. The molecule has 2 N–H and O–H groups in total. The van der Waals surface area contributed by atoms with Gasteiger partial charge in [-0.2, -0.15) is 11.8 Å². The first kappa shape index (κ1) is 17.6. The maximum Gasteiger partial charge on any atom is 0.335 e. The Morgan fingerprint density at radius 3 is 2.52 bits per heavy atom. The lowest BCUT2D eigenvalue weighted by Crippen LogP contribution is -2.15. The van der Waals surface area contributed by atoms with Gasteiger partial charge >= 0.3 is 5.97 Å². The molecule has 0 radical (unpaired) electrons. The van der Waals surface area contributed by atoms with Crippen LogP contribution < -0.4 is 5.73 Å². The van der Waals surface area contributed by atoms with Gasteiger partial charge in [-0.1, -0.05) is 63.6 Å². The highest BCUT2D eigenvalue weighted by atomic mass is 79.9. The summed E-state index contributed by atoms with van der Waals surface area (Å²) >= 11 is 5.02. The first-order chi connectivity index (χ1) is 11.1. The molecule has 0 atom stereocenters. The van der Waals surface area contributed by atoms with Crippen molar-refractivity contribution in [1.82, 2.24) is 0 Å². The number of rotatable bonds is 7. The van der Waals surface area contributed by atoms with Crippen LogP contribution in [0.1, 0.15) is 17.5 Å². The van der Waals surface area contributed by atoms with E-state index in [-0.39, 0.29) is 11.8 Å². The van der Waals surface area contributed by atoms with E-state index in [9.17, 15) is 4.79 Å². The van der Waals surface area contributed by atoms with Gasteiger partial charge in [-0.25, -0.2) is 4.79 Å². The van der Waals surface area contributed by atoms with Crippen molar-refractivity contribution in [2.24, 2.45) is 10.9 Å². The molecule has 0 fully saturated rings. The summed E-state index contributed by atoms with van der Waals surface area (Å²) in [6, 6.07) is 17.4. The van der Waals surface area contributed by atoms with Crippen LogP contribution in [0.2, 0.25) is 0 Å². The van der Waals surface area contributed by atoms with Crippen LogP contribution in [0, 0.1) is 0 Å². The second kappa shape index (κ2) is 9.37. The Bertz CT molecular complexity index is 660. The number of halogens is 1. The maximum atomic E-state index is 11.6. The second-order valence-electron chi connectivity index (χ2n) is 4.73. The van der Waals surface area contributed by atoms with E-state index < -0.39 is 0 Å². The lowest BCUT2D eigenvalue weighted by molar-refractivity contribution is -0.143. The topological polar surface area (TPSA) is 64.7 Å². The third-order valence-corrected chi connectivity index (χ3v) is 4.51. The quantitative estimate of drug-likeness (QED) is 0.255. The maximum absolute atomic E-state index is 11.6. The Kier molecular flexibility index (Phi) is 7.16. The molecule has 0 saturated carbocycles. The predicted molar refractivity (Wildman–Crippen MR) is 98.2 cm³/mol. The number of thioether (sulfide) groups is 1. The summed E-state index contributed by atoms with van der Waals surface area (Å²) in [4.78, 5) is 16.5. The van der Waals surface area contributed by atoms with Crippen molar-refractivity contribution in [2.75, 3.05) is 5.75 Å². The zero-order chi connectivity index (χ0) is 16.5. The van der Waals surface area contributed by atoms with Crippen LogP contribution in [0.3, 0.4) is 0 Å². The number of benzene rings is 2. The molecule has 2 aromatic rings. The minimum Gasteiger partial charge on any atom is -0.380 e. The van der Waals surface area contributed by atoms with Gasteiger partial charge in [0, 0.05) is 21.5 Å². The van der Waals surface area contributed by atoms with Crippen LogP contribution in [0.5, 0.6) is 0 Å². The fourth-order valence-electron chi connectivity index (χ4n) is 1.74. The van der Waals surface area contributed by atoms with E-state index >= 15 is 0 Å². The first-order valence-corrected chi connectivity index (χ1v) is 9.01. The van der Waals surface area contributed by atoms with Gasteiger partial charge in [-0.15, -0.1) is 0 Å². The number of carbonyl (C=O) groups is 1. The molecule has 0 saturated heterocycles. The minimum atomic E-state index is -0.384. The molecule has 120 valence electrons. The molecule has 0 bridgehead atoms. The Morgan fingerprint density at radius 1 is 1.13 bits per heavy atom. The van der Waals surface area contributed by atoms with Gasteiger partial charge in [0.2, 0.25) is 0 Å². The molecule has 0 amide bonds. The average molecular weight is 393 g/mol. The number of amidine groups is 1. The molecular weight excluding hydrogens is 376 g/mol. The summed E-state index contributed by atoms with van der Waals surface area (Å²) in [5.41, 5.74) is 7.72. The largest absolute Gasteiger partial charge is 0.380 e. The highest BCUT2D eigenvalue weighted by molar-refractivity contribution is 9.10. The fraction of sp³-hybridized carbons (Fsp3) is 0.176. The van der Waals surface area contributed by atoms with E-state index in [4.69, 9.17) is 10.6 Å². The molecule has 23 heavy (non-hydrogen) atoms. The van der Waals surface area contributed by atoms with E-state index in [0.29, 0.717) is 17.7 Å². The van der Waals surface area contributed by atoms with Gasteiger partial charge in [0.05, 0.1) is 6.42 Å². The Balaban J connectivity index is 1.70. The summed E-state index contributed by atoms with van der Waals surface area (Å²) in [5, 5.41) is 3.68. The molecule has 0 aliphatic heterocycles. The lowest BCUT2D eigenvalue weighted by atomic mass is 10.2. The van der Waals surface area contributed by atoms with E-state index in [1.54, 1.807) is 23.9 Å². The first-order valence-electron chi connectivity index (χ1n) is 7.06. The SMILES string of the molecule is N/C(=N/OC(=O)CCSCc1ccccc1)c1ccc(Br)cc1. The van der Waals surface area contributed by atoms with Crippen molar-refractivity contribution in [3.8, 4) is 0 Å². The molecule has 6 heteroatoms. The average Bonchev–Trinajstić information content (AvgIpc) is 2.58. The second-order valence-corrected chi connectivity index (χ2v) is 6.76. The molecule has 4 nitrogen and oxygen atoms in total. The number of nitrogens with zero attached hydrogens (tertiary/aromatic N) is 1. The summed E-state index contributed by atoms with van der Waals surface area (Å²) in [6.07, 6.45) is 0.300. The van der Waals surface area contributed by atoms with E-state index in [1.807, 2.05) is 30.3 Å². The van der Waals surface area contributed by atoms with Crippen molar-refractivity contribution in [3.63, 3.8) is 0 Å². The molecule has 2 rings (SSSR count). The van der Waals surface area contributed by atoms with Crippen LogP contribution in [0.25, 0.3) is 0 Å². The van der Waals surface area contributed by atoms with Crippen LogP contribution in [0.15, 0.2) is 64.2 Å². The Morgan fingerprint density at radius 2 is 1.83 bits per heavy atom. The van der Waals surface area contributed by atoms with Crippen molar-refractivity contribution in [3.05, 3.63) is 70.2 Å². The van der Waals surface area contributed by atoms with Gasteiger partial charge in [0.15, 0.2) is 5.84 Å². The van der Waals surface area contributed by atoms with E-state index in [0.717, 1.165) is 10.2 Å². The third kappa shape index (κ3) is 6.46. The smallest absolute Gasteiger partial charge is 0.335 e. The number of hydrogen-bond donors (Lipinski definition) is 1. The lowest BCUT2D eigenvalue weighted by Gasteiger charge is -2.02. The fourth-order valence-corrected chi connectivity index (χ4v) is 2.89. The van der Waals surface area contributed by atoms with Crippen LogP contribution in [0.4, 0.5) is 0 Å². The molecule has 0 aromatic heterocycles. The molecule has 2 aromatic carbocycles. The third-order valence-electron chi connectivity index (χ3n) is 2.95. The van der Waals surface area contributed by atoms with Crippen LogP contribution in [-0.4, -0.2) is 17.6 Å². The Labute approximate surface area is 148 Å². The standard InChI is InChI=1S/C17H17BrN2O2S/c18-15-8-6-14(7-9-15)17(19)20-22-16(21)10-11-23-12-13-4-2-1-3-5-13/h1-9H,10-12H2,(H2,19,20). The number of carbonyl (C=O) groups excluding carboxylic acids is 1. The van der Waals surface area contributed by atoms with Crippen molar-refractivity contribution in [2.45, 2.75) is 12.2 Å². The van der Waals surface area contributed by atoms with Crippen molar-refractivity contribution in [1.29, 1.82) is 0 Å². The van der Waals surface area contributed by atoms with Crippen molar-refractivity contribution < 1.29 is 9.63 Å². The molecule has 0 aliphatic carbocycles. The zero-order valence-electron chi connectivity index (χ0n) is 12.4. The summed E-state index contributed by atoms with van der Waals surface area (Å²) in [7, 11) is 0. The van der Waals surface area contributed by atoms with E-state index in [1.165, 1.54) is 5.56 Å². The van der Waals surface area contributed by atoms with Gasteiger partial charge in [0.25, 0.3) is 0 Å². The highest BCUT2D eigenvalue weighted by Gasteiger charge is 2.05. The predicted octanol–water partition coefficient (Wildman–Crippen LogP) is 3.94. The molecule has 0 unspecified atom stereocenters. The van der Waals surface area contributed by atoms with Crippen molar-refractivity contribution >= 4 is 39.5 Å². The van der Waals surface area contributed by atoms with Gasteiger partial charge < -0.3 is 10.6 Å². The molecule has 0 spiro atoms. The summed E-state index contributed by atoms with van der Waals surface area (Å²) < 4.78 is 0.946. The highest BCUT2D eigenvalue weighted by Crippen LogP contribution is 2.13. The number of oxime groups is 1. The Hall–Kier alpha value is -1.79. The van der Waals surface area contributed by atoms with Gasteiger partial charge in [-0.05, 0) is 17.7 Å². The van der Waals surface area contributed by atoms with Gasteiger partial charge in [-0.3, -0.25) is 0 Å². The minimum absolute atomic E-state index is 0.183. The molecular formula is C17H17BrN2O2S. The molecule has 0 heterocycles. The summed E-state index contributed by atoms with van der Waals surface area (Å²) in [6.45, 7) is 0. The van der Waals surface area contributed by atoms with E-state index in [2.05, 4.69) is 33.2 Å².